The standard InChI is InChI=1S/Li.Mn.Mo.O.H. The van der Waals surface area contributed by atoms with Gasteiger partial charge in [-0.2, -0.15) is 0 Å². The van der Waals surface area contributed by atoms with Crippen molar-refractivity contribution in [2.75, 3.05) is 0 Å². The molecule has 21 valence electrons. The van der Waals surface area contributed by atoms with E-state index in [1.165, 1.54) is 0 Å². The molecule has 0 spiro atoms. The predicted octanol–water partition coefficient (Wildman–Crippen LogP) is -0.772. The molecule has 0 heterocycles. The van der Waals surface area contributed by atoms with Crippen LogP contribution in [0.3, 0.4) is 0 Å². The summed E-state index contributed by atoms with van der Waals surface area (Å²) in [5.41, 5.74) is 0. The molecular formula is HLiMnMoO. The van der Waals surface area contributed by atoms with Crippen LogP contribution in [-0.2, 0) is 40.8 Å². The molecule has 0 unspecified atom stereocenters. The van der Waals surface area contributed by atoms with E-state index in [1.807, 2.05) is 0 Å². The van der Waals surface area contributed by atoms with Crippen LogP contribution in [0.25, 0.3) is 0 Å². The van der Waals surface area contributed by atoms with Crippen molar-refractivity contribution in [1.82, 2.24) is 0 Å². The molecule has 0 N–H and O–H groups in total. The van der Waals surface area contributed by atoms with Crippen molar-refractivity contribution in [3.63, 3.8) is 0 Å². The van der Waals surface area contributed by atoms with Gasteiger partial charge in [0.1, 0.15) is 0 Å². The van der Waals surface area contributed by atoms with Crippen molar-refractivity contribution in [3.05, 3.63) is 0 Å². The van der Waals surface area contributed by atoms with Gasteiger partial charge in [-0.25, -0.2) is 0 Å². The third kappa shape index (κ3) is 9.50. The van der Waals surface area contributed by atoms with Gasteiger partial charge < -0.3 is 0 Å². The van der Waals surface area contributed by atoms with Crippen LogP contribution in [0, 0.1) is 0 Å². The number of hydrogen-bond donors (Lipinski definition) is 0. The average molecular weight is 175 g/mol. The average Bonchev–Trinajstić information content (AvgIpc) is 1.00. The van der Waals surface area contributed by atoms with Gasteiger partial charge in [0.2, 0.25) is 0 Å². The van der Waals surface area contributed by atoms with Gasteiger partial charge in [-0.1, -0.05) is 0 Å². The SMILES string of the molecule is [LiH].[Mo].[O]=[Mn]. The van der Waals surface area contributed by atoms with Crippen LogP contribution in [0.4, 0.5) is 0 Å². The molecule has 4 heavy (non-hydrogen) atoms. The molecule has 0 atom stereocenters. The second-order valence-corrected chi connectivity index (χ2v) is 0. The first-order chi connectivity index (χ1) is 1.00. The molecule has 1 nitrogen and oxygen atoms in total. The van der Waals surface area contributed by atoms with Gasteiger partial charge in [-0.3, -0.25) is 0 Å². The van der Waals surface area contributed by atoms with E-state index in [2.05, 4.69) is 0 Å². The Morgan fingerprint density at radius 3 is 1.25 bits per heavy atom. The molecule has 0 amide bonds. The molecule has 0 saturated carbocycles. The van der Waals surface area contributed by atoms with Crippen LogP contribution in [0.5, 0.6) is 0 Å². The molecule has 0 aromatic carbocycles. The quantitative estimate of drug-likeness (QED) is 0.441. The van der Waals surface area contributed by atoms with Crippen molar-refractivity contribution >= 4 is 18.9 Å². The van der Waals surface area contributed by atoms with Crippen LogP contribution < -0.4 is 0 Å². The topological polar surface area (TPSA) is 17.1 Å². The van der Waals surface area contributed by atoms with Gasteiger partial charge in [0.15, 0.2) is 0 Å². The number of rotatable bonds is 0. The maximum atomic E-state index is 8.06. The molecule has 0 aliphatic heterocycles. The fourth-order valence-electron chi connectivity index (χ4n) is 0. The van der Waals surface area contributed by atoms with Crippen molar-refractivity contribution in [3.8, 4) is 0 Å². The molecule has 0 aromatic rings. The van der Waals surface area contributed by atoms with Gasteiger partial charge in [-0.15, -0.1) is 0 Å². The zero-order chi connectivity index (χ0) is 2.00. The van der Waals surface area contributed by atoms with Gasteiger partial charge >= 0.3 is 38.6 Å². The summed E-state index contributed by atoms with van der Waals surface area (Å²) in [6, 6.07) is 0. The summed E-state index contributed by atoms with van der Waals surface area (Å²) in [6.45, 7) is 0. The summed E-state index contributed by atoms with van der Waals surface area (Å²) in [5, 5.41) is 0. The van der Waals surface area contributed by atoms with E-state index in [1.54, 1.807) is 15.9 Å². The predicted molar refractivity (Wildman–Crippen MR) is 7.84 cm³/mol. The Bertz CT molecular complexity index is 8.00. The summed E-state index contributed by atoms with van der Waals surface area (Å²) in [4.78, 5) is 0. The first-order valence-corrected chi connectivity index (χ1v) is 0.636. The van der Waals surface area contributed by atoms with Gasteiger partial charge in [0, 0.05) is 21.1 Å². The molecular weight excluding hydrogens is 174 g/mol. The fraction of sp³-hybridized carbons (Fsp3) is 0. The van der Waals surface area contributed by atoms with E-state index in [9.17, 15) is 0 Å². The first-order valence-electron chi connectivity index (χ1n) is 0.154. The van der Waals surface area contributed by atoms with Gasteiger partial charge in [-0.05, 0) is 0 Å². The Hall–Kier alpha value is 1.61. The van der Waals surface area contributed by atoms with Crippen LogP contribution >= 0.6 is 0 Å². The van der Waals surface area contributed by atoms with Gasteiger partial charge in [0.25, 0.3) is 0 Å². The van der Waals surface area contributed by atoms with E-state index >= 15 is 0 Å². The molecule has 0 aromatic heterocycles. The van der Waals surface area contributed by atoms with Crippen LogP contribution in [-0.4, -0.2) is 18.9 Å². The summed E-state index contributed by atoms with van der Waals surface area (Å²) in [6.07, 6.45) is 0. The normalized spacial score (nSPS) is 1.00. The Labute approximate surface area is 59.4 Å². The van der Waals surface area contributed by atoms with Crippen molar-refractivity contribution in [1.29, 1.82) is 0 Å². The zero-order valence-electron chi connectivity index (χ0n) is 1.19. The fourth-order valence-corrected chi connectivity index (χ4v) is 0. The summed E-state index contributed by atoms with van der Waals surface area (Å²) < 4.78 is 8.06. The van der Waals surface area contributed by atoms with Crippen LogP contribution in [0.1, 0.15) is 0 Å². The van der Waals surface area contributed by atoms with Crippen LogP contribution in [0.15, 0.2) is 0 Å². The summed E-state index contributed by atoms with van der Waals surface area (Å²) in [7, 11) is 0. The second-order valence-electron chi connectivity index (χ2n) is 0. The van der Waals surface area contributed by atoms with E-state index in [4.69, 9.17) is 3.83 Å². The van der Waals surface area contributed by atoms with Crippen molar-refractivity contribution in [2.24, 2.45) is 0 Å². The Morgan fingerprint density at radius 1 is 1.25 bits per heavy atom. The van der Waals surface area contributed by atoms with E-state index in [0.717, 1.165) is 0 Å². The molecule has 0 rings (SSSR count). The maximum absolute atomic E-state index is 8.06. The van der Waals surface area contributed by atoms with Crippen LogP contribution in [0.2, 0.25) is 0 Å². The third-order valence-electron chi connectivity index (χ3n) is 0. The Balaban J connectivity index is -0.00000000500. The minimum absolute atomic E-state index is 0. The van der Waals surface area contributed by atoms with Crippen molar-refractivity contribution < 1.29 is 40.8 Å². The Morgan fingerprint density at radius 2 is 1.25 bits per heavy atom. The van der Waals surface area contributed by atoms with E-state index in [0.29, 0.717) is 0 Å². The Kier molecular flexibility index (Phi) is 102. The molecule has 0 fully saturated rings. The molecule has 4 heteroatoms. The van der Waals surface area contributed by atoms with Crippen molar-refractivity contribution in [2.45, 2.75) is 0 Å². The summed E-state index contributed by atoms with van der Waals surface area (Å²) in [5.74, 6) is 0. The van der Waals surface area contributed by atoms with Gasteiger partial charge in [0.05, 0.1) is 0 Å². The zero-order valence-corrected chi connectivity index (χ0v) is 4.38. The second kappa shape index (κ2) is 23.2. The van der Waals surface area contributed by atoms with E-state index in [-0.39, 0.29) is 39.9 Å². The molecule has 0 saturated heterocycles. The summed E-state index contributed by atoms with van der Waals surface area (Å²) >= 11 is 1.69. The monoisotopic (exact) mass is 177 g/mol. The number of hydrogen-bond acceptors (Lipinski definition) is 1. The van der Waals surface area contributed by atoms with E-state index < -0.39 is 0 Å². The minimum atomic E-state index is 0. The molecule has 0 aliphatic rings. The third-order valence-corrected chi connectivity index (χ3v) is 0. The molecule has 0 bridgehead atoms. The molecule has 0 aliphatic carbocycles. The molecule has 0 radical (unpaired) electrons. The first kappa shape index (κ1) is 17.5.